The van der Waals surface area contributed by atoms with Crippen molar-refractivity contribution in [2.75, 3.05) is 14.1 Å². The summed E-state index contributed by atoms with van der Waals surface area (Å²) in [6, 6.07) is 10.5. The SMILES string of the molecule is C=Cc1cc2c(-c3ccc4c(C(=O)N(C)C)cccc4n3)c[nH]c2c(F)c1F. The average molecular weight is 377 g/mol. The summed E-state index contributed by atoms with van der Waals surface area (Å²) in [6.07, 6.45) is 2.88. The monoisotopic (exact) mass is 377 g/mol. The molecule has 0 spiro atoms. The van der Waals surface area contributed by atoms with Gasteiger partial charge in [-0.25, -0.2) is 13.8 Å². The highest BCUT2D eigenvalue weighted by atomic mass is 19.2. The van der Waals surface area contributed by atoms with Crippen LogP contribution in [-0.4, -0.2) is 34.9 Å². The van der Waals surface area contributed by atoms with Crippen LogP contribution in [0.25, 0.3) is 39.1 Å². The third-order valence-electron chi connectivity index (χ3n) is 4.75. The van der Waals surface area contributed by atoms with E-state index in [0.717, 1.165) is 5.39 Å². The Bertz CT molecular complexity index is 1260. The fourth-order valence-corrected chi connectivity index (χ4v) is 3.31. The molecule has 0 saturated heterocycles. The Morgan fingerprint density at radius 3 is 2.64 bits per heavy atom. The molecule has 28 heavy (non-hydrogen) atoms. The van der Waals surface area contributed by atoms with E-state index < -0.39 is 11.6 Å². The summed E-state index contributed by atoms with van der Waals surface area (Å²) >= 11 is 0. The lowest BCUT2D eigenvalue weighted by Gasteiger charge is -2.12. The molecule has 0 bridgehead atoms. The highest BCUT2D eigenvalue weighted by molar-refractivity contribution is 6.06. The molecule has 140 valence electrons. The fourth-order valence-electron chi connectivity index (χ4n) is 3.31. The van der Waals surface area contributed by atoms with E-state index in [1.807, 2.05) is 12.1 Å². The number of benzene rings is 2. The minimum Gasteiger partial charge on any atom is -0.358 e. The number of pyridine rings is 1. The molecule has 4 rings (SSSR count). The Balaban J connectivity index is 1.92. The second-order valence-corrected chi connectivity index (χ2v) is 6.69. The summed E-state index contributed by atoms with van der Waals surface area (Å²) in [6.45, 7) is 3.54. The van der Waals surface area contributed by atoms with Crippen LogP contribution >= 0.6 is 0 Å². The summed E-state index contributed by atoms with van der Waals surface area (Å²) < 4.78 is 28.3. The lowest BCUT2D eigenvalue weighted by atomic mass is 10.0. The average Bonchev–Trinajstić information content (AvgIpc) is 3.13. The van der Waals surface area contributed by atoms with Gasteiger partial charge in [0.2, 0.25) is 0 Å². The van der Waals surface area contributed by atoms with E-state index >= 15 is 0 Å². The lowest BCUT2D eigenvalue weighted by molar-refractivity contribution is 0.0829. The van der Waals surface area contributed by atoms with E-state index in [4.69, 9.17) is 0 Å². The molecule has 6 heteroatoms. The van der Waals surface area contributed by atoms with E-state index in [9.17, 15) is 13.6 Å². The molecule has 0 saturated carbocycles. The third-order valence-corrected chi connectivity index (χ3v) is 4.75. The van der Waals surface area contributed by atoms with Crippen molar-refractivity contribution in [3.05, 3.63) is 71.9 Å². The first-order chi connectivity index (χ1) is 13.4. The number of halogens is 2. The second kappa shape index (κ2) is 6.56. The fraction of sp³-hybridized carbons (Fsp3) is 0.0909. The van der Waals surface area contributed by atoms with Crippen LogP contribution in [0.1, 0.15) is 15.9 Å². The molecule has 0 unspecified atom stereocenters. The van der Waals surface area contributed by atoms with E-state index in [1.54, 1.807) is 44.6 Å². The number of carbonyl (C=O) groups excluding carboxylic acids is 1. The Labute approximate surface area is 160 Å². The molecule has 2 aromatic carbocycles. The zero-order chi connectivity index (χ0) is 20.0. The summed E-state index contributed by atoms with van der Waals surface area (Å²) in [4.78, 5) is 21.3. The van der Waals surface area contributed by atoms with Crippen LogP contribution in [0, 0.1) is 11.6 Å². The minimum absolute atomic E-state index is 0.0801. The predicted octanol–water partition coefficient (Wildman–Crippen LogP) is 5.01. The van der Waals surface area contributed by atoms with Crippen LogP contribution in [0.4, 0.5) is 8.78 Å². The Hall–Kier alpha value is -3.54. The van der Waals surface area contributed by atoms with Crippen LogP contribution in [0.2, 0.25) is 0 Å². The van der Waals surface area contributed by atoms with E-state index in [1.165, 1.54) is 11.0 Å². The van der Waals surface area contributed by atoms with Gasteiger partial charge in [-0.2, -0.15) is 0 Å². The van der Waals surface area contributed by atoms with Crippen LogP contribution < -0.4 is 0 Å². The number of aromatic nitrogens is 2. The van der Waals surface area contributed by atoms with Crippen molar-refractivity contribution in [1.82, 2.24) is 14.9 Å². The molecule has 1 amide bonds. The molecule has 0 aliphatic heterocycles. The number of nitrogens with one attached hydrogen (secondary N) is 1. The van der Waals surface area contributed by atoms with Crippen molar-refractivity contribution in [2.45, 2.75) is 0 Å². The molecule has 2 heterocycles. The Morgan fingerprint density at radius 1 is 1.14 bits per heavy atom. The molecule has 4 nitrogen and oxygen atoms in total. The summed E-state index contributed by atoms with van der Waals surface area (Å²) in [7, 11) is 3.39. The van der Waals surface area contributed by atoms with E-state index in [2.05, 4.69) is 16.5 Å². The first-order valence-corrected chi connectivity index (χ1v) is 8.65. The van der Waals surface area contributed by atoms with Gasteiger partial charge in [0.05, 0.1) is 16.7 Å². The number of aromatic amines is 1. The highest BCUT2D eigenvalue weighted by Gasteiger charge is 2.18. The first-order valence-electron chi connectivity index (χ1n) is 8.65. The van der Waals surface area contributed by atoms with Gasteiger partial charge in [-0.1, -0.05) is 18.7 Å². The number of H-pyrrole nitrogens is 1. The van der Waals surface area contributed by atoms with E-state index in [-0.39, 0.29) is 17.0 Å². The van der Waals surface area contributed by atoms with Gasteiger partial charge in [-0.05, 0) is 30.3 Å². The minimum atomic E-state index is -0.946. The molecule has 0 aliphatic rings. The predicted molar refractivity (Wildman–Crippen MR) is 107 cm³/mol. The van der Waals surface area contributed by atoms with Crippen LogP contribution in [0.5, 0.6) is 0 Å². The first kappa shape index (κ1) is 17.9. The summed E-state index contributed by atoms with van der Waals surface area (Å²) in [5.74, 6) is -1.99. The van der Waals surface area contributed by atoms with Crippen molar-refractivity contribution in [3.8, 4) is 11.3 Å². The molecule has 1 N–H and O–H groups in total. The van der Waals surface area contributed by atoms with Gasteiger partial charge in [0.25, 0.3) is 5.91 Å². The number of carbonyl (C=O) groups is 1. The standard InChI is InChI=1S/C22H17F2N3O/c1-4-12-10-15-16(11-25-21(15)20(24)19(12)23)18-9-8-13-14(22(28)27(2)3)6-5-7-17(13)26-18/h4-11,25H,1H2,2-3H3. The molecular formula is C22H17F2N3O. The van der Waals surface area contributed by atoms with Crippen molar-refractivity contribution >= 4 is 33.8 Å². The number of fused-ring (bicyclic) bond motifs is 2. The number of nitrogens with zero attached hydrogens (tertiary/aromatic N) is 2. The van der Waals surface area contributed by atoms with Crippen molar-refractivity contribution < 1.29 is 13.6 Å². The molecule has 2 aromatic heterocycles. The van der Waals surface area contributed by atoms with Gasteiger partial charge < -0.3 is 9.88 Å². The zero-order valence-corrected chi connectivity index (χ0v) is 15.4. The second-order valence-electron chi connectivity index (χ2n) is 6.69. The van der Waals surface area contributed by atoms with Crippen LogP contribution in [0.15, 0.2) is 49.2 Å². The highest BCUT2D eigenvalue weighted by Crippen LogP contribution is 2.33. The van der Waals surface area contributed by atoms with Gasteiger partial charge in [-0.3, -0.25) is 4.79 Å². The number of hydrogen-bond acceptors (Lipinski definition) is 2. The van der Waals surface area contributed by atoms with E-state index in [0.29, 0.717) is 27.7 Å². The largest absolute Gasteiger partial charge is 0.358 e. The summed E-state index contributed by atoms with van der Waals surface area (Å²) in [5, 5.41) is 1.25. The lowest BCUT2D eigenvalue weighted by Crippen LogP contribution is -2.21. The molecule has 0 aliphatic carbocycles. The molecule has 0 atom stereocenters. The van der Waals surface area contributed by atoms with Crippen LogP contribution in [0.3, 0.4) is 0 Å². The maximum Gasteiger partial charge on any atom is 0.254 e. The molecule has 0 fully saturated rings. The molecular weight excluding hydrogens is 360 g/mol. The third kappa shape index (κ3) is 2.65. The van der Waals surface area contributed by atoms with Gasteiger partial charge in [-0.15, -0.1) is 0 Å². The molecule has 4 aromatic rings. The smallest absolute Gasteiger partial charge is 0.254 e. The van der Waals surface area contributed by atoms with Gasteiger partial charge in [0.15, 0.2) is 11.6 Å². The van der Waals surface area contributed by atoms with Crippen LogP contribution in [-0.2, 0) is 0 Å². The maximum absolute atomic E-state index is 14.3. The normalized spacial score (nSPS) is 11.1. The molecule has 0 radical (unpaired) electrons. The Morgan fingerprint density at radius 2 is 1.93 bits per heavy atom. The van der Waals surface area contributed by atoms with Crippen molar-refractivity contribution in [2.24, 2.45) is 0 Å². The van der Waals surface area contributed by atoms with Gasteiger partial charge >= 0.3 is 0 Å². The zero-order valence-electron chi connectivity index (χ0n) is 15.4. The van der Waals surface area contributed by atoms with Gasteiger partial charge in [0, 0.05) is 47.8 Å². The van der Waals surface area contributed by atoms with Crippen molar-refractivity contribution in [1.29, 1.82) is 0 Å². The van der Waals surface area contributed by atoms with Gasteiger partial charge in [0.1, 0.15) is 0 Å². The van der Waals surface area contributed by atoms with Crippen molar-refractivity contribution in [3.63, 3.8) is 0 Å². The topological polar surface area (TPSA) is 49.0 Å². The number of rotatable bonds is 3. The maximum atomic E-state index is 14.3. The quantitative estimate of drug-likeness (QED) is 0.546. The number of amides is 1. The summed E-state index contributed by atoms with van der Waals surface area (Å²) in [5.41, 5.74) is 2.60. The Kier molecular flexibility index (Phi) is 4.19. The number of hydrogen-bond donors (Lipinski definition) is 1.